The predicted octanol–water partition coefficient (Wildman–Crippen LogP) is 4.95. The fourth-order valence-electron chi connectivity index (χ4n) is 1.93. The van der Waals surface area contributed by atoms with Gasteiger partial charge in [-0.2, -0.15) is 4.39 Å². The molecule has 0 amide bonds. The summed E-state index contributed by atoms with van der Waals surface area (Å²) in [6.07, 6.45) is 0.164. The van der Waals surface area contributed by atoms with E-state index in [0.29, 0.717) is 10.9 Å². The van der Waals surface area contributed by atoms with Gasteiger partial charge in [0.1, 0.15) is 6.10 Å². The van der Waals surface area contributed by atoms with Gasteiger partial charge in [0.25, 0.3) is 0 Å². The molecule has 1 aromatic heterocycles. The van der Waals surface area contributed by atoms with Crippen LogP contribution in [0.25, 0.3) is 0 Å². The average Bonchev–Trinajstić information content (AvgIpc) is 2.86. The van der Waals surface area contributed by atoms with Gasteiger partial charge in [0, 0.05) is 20.3 Å². The van der Waals surface area contributed by atoms with Crippen LogP contribution in [-0.2, 0) is 0 Å². The number of nitrogens with two attached hydrogens (primary N) is 1. The summed E-state index contributed by atoms with van der Waals surface area (Å²) in [7, 11) is 0. The van der Waals surface area contributed by atoms with Crippen LogP contribution in [0.4, 0.5) is 8.78 Å². The van der Waals surface area contributed by atoms with Crippen LogP contribution in [0.3, 0.4) is 0 Å². The summed E-state index contributed by atoms with van der Waals surface area (Å²) in [6.45, 7) is 3.90. The molecule has 2 atom stereocenters. The molecule has 2 N–H and O–H groups in total. The molecule has 0 radical (unpaired) electrons. The summed E-state index contributed by atoms with van der Waals surface area (Å²) in [5, 5.41) is 0. The Morgan fingerprint density at radius 1 is 1.33 bits per heavy atom. The minimum Gasteiger partial charge on any atom is -0.480 e. The Bertz CT molecular complexity index is 632. The first kappa shape index (κ1) is 16.4. The van der Waals surface area contributed by atoms with Crippen molar-refractivity contribution in [3.8, 4) is 5.75 Å². The molecule has 0 fully saturated rings. The highest BCUT2D eigenvalue weighted by Gasteiger charge is 2.24. The van der Waals surface area contributed by atoms with Crippen molar-refractivity contribution in [3.05, 3.63) is 50.1 Å². The maximum atomic E-state index is 13.9. The number of aryl methyl sites for hydroxylation is 1. The SMILES string of the molecule is CCC(N)C(Oc1cc(Br)cc(F)c1F)c1ccc(C)s1. The zero-order valence-corrected chi connectivity index (χ0v) is 14.1. The average molecular weight is 376 g/mol. The minimum absolute atomic E-state index is 0.137. The quantitative estimate of drug-likeness (QED) is 0.749. The first-order chi connectivity index (χ1) is 9.92. The highest BCUT2D eigenvalue weighted by molar-refractivity contribution is 9.10. The summed E-state index contributed by atoms with van der Waals surface area (Å²) in [6, 6.07) is 6.04. The molecule has 0 aliphatic carbocycles. The topological polar surface area (TPSA) is 35.2 Å². The maximum Gasteiger partial charge on any atom is 0.200 e. The molecule has 0 saturated heterocycles. The van der Waals surface area contributed by atoms with Crippen LogP contribution < -0.4 is 10.5 Å². The van der Waals surface area contributed by atoms with E-state index in [4.69, 9.17) is 10.5 Å². The lowest BCUT2D eigenvalue weighted by Gasteiger charge is -2.23. The molecule has 0 aliphatic heterocycles. The third-order valence-corrected chi connectivity index (χ3v) is 4.64. The van der Waals surface area contributed by atoms with Crippen molar-refractivity contribution in [1.29, 1.82) is 0 Å². The number of rotatable bonds is 5. The van der Waals surface area contributed by atoms with Gasteiger partial charge in [-0.3, -0.25) is 0 Å². The van der Waals surface area contributed by atoms with E-state index in [1.165, 1.54) is 6.07 Å². The highest BCUT2D eigenvalue weighted by Crippen LogP contribution is 2.33. The Hall–Kier alpha value is -0.980. The number of hydrogen-bond acceptors (Lipinski definition) is 3. The molecule has 2 aromatic rings. The van der Waals surface area contributed by atoms with Gasteiger partial charge in [0.2, 0.25) is 5.82 Å². The normalized spacial score (nSPS) is 14.0. The molecule has 0 spiro atoms. The van der Waals surface area contributed by atoms with Gasteiger partial charge >= 0.3 is 0 Å². The molecule has 1 aromatic carbocycles. The maximum absolute atomic E-state index is 13.9. The van der Waals surface area contributed by atoms with Gasteiger partial charge in [0.15, 0.2) is 11.6 Å². The van der Waals surface area contributed by atoms with E-state index >= 15 is 0 Å². The van der Waals surface area contributed by atoms with E-state index in [1.54, 1.807) is 11.3 Å². The van der Waals surface area contributed by atoms with Crippen LogP contribution in [-0.4, -0.2) is 6.04 Å². The molecule has 0 aliphatic rings. The lowest BCUT2D eigenvalue weighted by atomic mass is 10.1. The molecule has 0 saturated carbocycles. The molecule has 0 bridgehead atoms. The van der Waals surface area contributed by atoms with Gasteiger partial charge in [-0.25, -0.2) is 4.39 Å². The van der Waals surface area contributed by atoms with Crippen LogP contribution in [0.1, 0.15) is 29.2 Å². The Morgan fingerprint density at radius 2 is 2.05 bits per heavy atom. The second kappa shape index (κ2) is 6.85. The van der Waals surface area contributed by atoms with Crippen molar-refractivity contribution in [2.24, 2.45) is 5.73 Å². The first-order valence-electron chi connectivity index (χ1n) is 6.55. The Labute approximate surface area is 135 Å². The summed E-state index contributed by atoms with van der Waals surface area (Å²) < 4.78 is 33.5. The van der Waals surface area contributed by atoms with Gasteiger partial charge in [0.05, 0.1) is 0 Å². The number of benzene rings is 1. The van der Waals surface area contributed by atoms with E-state index in [-0.39, 0.29) is 11.8 Å². The number of ether oxygens (including phenoxy) is 1. The zero-order chi connectivity index (χ0) is 15.6. The Balaban J connectivity index is 2.36. The van der Waals surface area contributed by atoms with Crippen LogP contribution >= 0.6 is 27.3 Å². The Morgan fingerprint density at radius 3 is 2.62 bits per heavy atom. The van der Waals surface area contributed by atoms with Crippen LogP contribution in [0.2, 0.25) is 0 Å². The summed E-state index contributed by atoms with van der Waals surface area (Å²) >= 11 is 4.68. The molecule has 114 valence electrons. The number of halogens is 3. The molecular weight excluding hydrogens is 360 g/mol. The molecule has 2 unspecified atom stereocenters. The van der Waals surface area contributed by atoms with Gasteiger partial charge < -0.3 is 10.5 Å². The van der Waals surface area contributed by atoms with Crippen molar-refractivity contribution < 1.29 is 13.5 Å². The molecule has 21 heavy (non-hydrogen) atoms. The van der Waals surface area contributed by atoms with E-state index in [9.17, 15) is 8.78 Å². The van der Waals surface area contributed by atoms with Crippen LogP contribution in [0.15, 0.2) is 28.7 Å². The molecule has 2 rings (SSSR count). The van der Waals surface area contributed by atoms with E-state index in [0.717, 1.165) is 15.8 Å². The van der Waals surface area contributed by atoms with Gasteiger partial charge in [-0.15, -0.1) is 11.3 Å². The lowest BCUT2D eigenvalue weighted by Crippen LogP contribution is -2.31. The monoisotopic (exact) mass is 375 g/mol. The smallest absolute Gasteiger partial charge is 0.200 e. The molecule has 6 heteroatoms. The summed E-state index contributed by atoms with van der Waals surface area (Å²) in [5.41, 5.74) is 6.09. The fraction of sp³-hybridized carbons (Fsp3) is 0.333. The van der Waals surface area contributed by atoms with E-state index < -0.39 is 17.7 Å². The number of thiophene rings is 1. The summed E-state index contributed by atoms with van der Waals surface area (Å²) in [5.74, 6) is -2.09. The van der Waals surface area contributed by atoms with Gasteiger partial charge in [-0.1, -0.05) is 22.9 Å². The van der Waals surface area contributed by atoms with Crippen LogP contribution in [0, 0.1) is 18.6 Å². The zero-order valence-electron chi connectivity index (χ0n) is 11.7. The van der Waals surface area contributed by atoms with Gasteiger partial charge in [-0.05, 0) is 37.6 Å². The minimum atomic E-state index is -1.00. The van der Waals surface area contributed by atoms with Crippen LogP contribution in [0.5, 0.6) is 5.75 Å². The van der Waals surface area contributed by atoms with Crippen molar-refractivity contribution in [2.75, 3.05) is 0 Å². The Kier molecular flexibility index (Phi) is 5.35. The second-order valence-electron chi connectivity index (χ2n) is 4.76. The van der Waals surface area contributed by atoms with Crippen molar-refractivity contribution in [3.63, 3.8) is 0 Å². The first-order valence-corrected chi connectivity index (χ1v) is 8.16. The number of hydrogen-bond donors (Lipinski definition) is 1. The molecular formula is C15H16BrF2NOS. The van der Waals surface area contributed by atoms with Crippen molar-refractivity contribution >= 4 is 27.3 Å². The largest absolute Gasteiger partial charge is 0.480 e. The second-order valence-corrected chi connectivity index (χ2v) is 6.99. The van der Waals surface area contributed by atoms with E-state index in [1.807, 2.05) is 26.0 Å². The lowest BCUT2D eigenvalue weighted by molar-refractivity contribution is 0.165. The van der Waals surface area contributed by atoms with Crippen molar-refractivity contribution in [1.82, 2.24) is 0 Å². The summed E-state index contributed by atoms with van der Waals surface area (Å²) in [4.78, 5) is 2.02. The molecule has 2 nitrogen and oxygen atoms in total. The third kappa shape index (κ3) is 3.81. The van der Waals surface area contributed by atoms with E-state index in [2.05, 4.69) is 15.9 Å². The molecule has 1 heterocycles. The third-order valence-electron chi connectivity index (χ3n) is 3.12. The highest BCUT2D eigenvalue weighted by atomic mass is 79.9. The predicted molar refractivity (Wildman–Crippen MR) is 84.7 cm³/mol. The standard InChI is InChI=1S/C15H16BrF2NOS/c1-3-11(19)15(13-5-4-8(2)21-13)20-12-7-9(16)6-10(17)14(12)18/h4-7,11,15H,3,19H2,1-2H3. The fourth-order valence-corrected chi connectivity index (χ4v) is 3.32. The van der Waals surface area contributed by atoms with Crippen molar-refractivity contribution in [2.45, 2.75) is 32.4 Å².